The van der Waals surface area contributed by atoms with Crippen molar-refractivity contribution in [2.24, 2.45) is 0 Å². The average Bonchev–Trinajstić information content (AvgIpc) is 3.19. The molecule has 19 heavy (non-hydrogen) atoms. The molecule has 1 aliphatic carbocycles. The van der Waals surface area contributed by atoms with E-state index in [1.165, 1.54) is 12.8 Å². The molecule has 1 aromatic rings. The lowest BCUT2D eigenvalue weighted by Gasteiger charge is -2.20. The Balaban J connectivity index is 1.84. The van der Waals surface area contributed by atoms with E-state index >= 15 is 0 Å². The number of hydrogen-bond donors (Lipinski definition) is 2. The summed E-state index contributed by atoms with van der Waals surface area (Å²) in [6.07, 6.45) is 2.73. The van der Waals surface area contributed by atoms with Crippen molar-refractivity contribution in [3.8, 4) is 0 Å². The van der Waals surface area contributed by atoms with Crippen LogP contribution in [0.25, 0.3) is 0 Å². The molecule has 0 aliphatic heterocycles. The van der Waals surface area contributed by atoms with Gasteiger partial charge in [0.15, 0.2) is 0 Å². The summed E-state index contributed by atoms with van der Waals surface area (Å²) in [6, 6.07) is 2.81. The number of nitrogens with zero attached hydrogens (tertiary/aromatic N) is 3. The number of nitrogens with one attached hydrogen (secondary N) is 2. The fourth-order valence-electron chi connectivity index (χ4n) is 2.30. The van der Waals surface area contributed by atoms with Crippen molar-refractivity contribution in [1.82, 2.24) is 14.9 Å². The highest BCUT2D eigenvalue weighted by atomic mass is 15.2. The van der Waals surface area contributed by atoms with Gasteiger partial charge in [0.2, 0.25) is 0 Å². The molecule has 5 nitrogen and oxygen atoms in total. The first kappa shape index (κ1) is 14.1. The molecule has 1 heterocycles. The Kier molecular flexibility index (Phi) is 4.96. The van der Waals surface area contributed by atoms with E-state index in [9.17, 15) is 0 Å². The van der Waals surface area contributed by atoms with Crippen LogP contribution in [-0.4, -0.2) is 47.1 Å². The van der Waals surface area contributed by atoms with Crippen LogP contribution in [0.5, 0.6) is 0 Å². The number of likely N-dealkylation sites (N-methyl/N-ethyl adjacent to an activating group) is 1. The molecule has 0 saturated heterocycles. The zero-order valence-electron chi connectivity index (χ0n) is 12.2. The SMILES string of the molecule is CCNc1cc(NCCN(CC)C2CC2)nc(C)n1. The van der Waals surface area contributed by atoms with Crippen molar-refractivity contribution in [3.63, 3.8) is 0 Å². The van der Waals surface area contributed by atoms with Crippen molar-refractivity contribution in [2.75, 3.05) is 36.8 Å². The second-order valence-corrected chi connectivity index (χ2v) is 5.00. The second kappa shape index (κ2) is 6.70. The maximum Gasteiger partial charge on any atom is 0.131 e. The molecular formula is C14H25N5. The Morgan fingerprint density at radius 2 is 1.89 bits per heavy atom. The maximum atomic E-state index is 4.42. The topological polar surface area (TPSA) is 53.1 Å². The molecule has 1 fully saturated rings. The normalized spacial score (nSPS) is 14.7. The van der Waals surface area contributed by atoms with Crippen molar-refractivity contribution in [2.45, 2.75) is 39.7 Å². The molecule has 0 spiro atoms. The summed E-state index contributed by atoms with van der Waals surface area (Å²) in [6.45, 7) is 10.3. The highest BCUT2D eigenvalue weighted by Crippen LogP contribution is 2.25. The third-order valence-corrected chi connectivity index (χ3v) is 3.37. The summed E-state index contributed by atoms with van der Waals surface area (Å²) >= 11 is 0. The largest absolute Gasteiger partial charge is 0.370 e. The lowest BCUT2D eigenvalue weighted by Crippen LogP contribution is -2.31. The lowest BCUT2D eigenvalue weighted by molar-refractivity contribution is 0.289. The van der Waals surface area contributed by atoms with E-state index in [1.807, 2.05) is 13.0 Å². The smallest absolute Gasteiger partial charge is 0.131 e. The molecule has 106 valence electrons. The zero-order chi connectivity index (χ0) is 13.7. The van der Waals surface area contributed by atoms with Crippen molar-refractivity contribution >= 4 is 11.6 Å². The Morgan fingerprint density at radius 1 is 1.21 bits per heavy atom. The third kappa shape index (κ3) is 4.35. The van der Waals surface area contributed by atoms with Crippen molar-refractivity contribution < 1.29 is 0 Å². The van der Waals surface area contributed by atoms with Gasteiger partial charge >= 0.3 is 0 Å². The highest BCUT2D eigenvalue weighted by molar-refractivity contribution is 5.47. The third-order valence-electron chi connectivity index (χ3n) is 3.37. The monoisotopic (exact) mass is 263 g/mol. The highest BCUT2D eigenvalue weighted by Gasteiger charge is 2.27. The molecule has 1 aliphatic rings. The van der Waals surface area contributed by atoms with E-state index in [0.29, 0.717) is 0 Å². The number of hydrogen-bond acceptors (Lipinski definition) is 5. The standard InChI is InChI=1S/C14H25N5/c1-4-15-13-10-14(18-11(3)17-13)16-8-9-19(5-2)12-6-7-12/h10,12H,4-9H2,1-3H3,(H2,15,16,17,18). The van der Waals surface area contributed by atoms with E-state index in [-0.39, 0.29) is 0 Å². The molecule has 1 saturated carbocycles. The second-order valence-electron chi connectivity index (χ2n) is 5.00. The van der Waals surface area contributed by atoms with E-state index in [4.69, 9.17) is 0 Å². The summed E-state index contributed by atoms with van der Waals surface area (Å²) in [4.78, 5) is 11.3. The van der Waals surface area contributed by atoms with Gasteiger partial charge in [-0.3, -0.25) is 4.90 Å². The minimum Gasteiger partial charge on any atom is -0.370 e. The van der Waals surface area contributed by atoms with Gasteiger partial charge in [0, 0.05) is 31.7 Å². The lowest BCUT2D eigenvalue weighted by atomic mass is 10.4. The summed E-state index contributed by atoms with van der Waals surface area (Å²) < 4.78 is 0. The Morgan fingerprint density at radius 3 is 2.47 bits per heavy atom. The average molecular weight is 263 g/mol. The molecule has 0 radical (unpaired) electrons. The molecule has 0 aromatic carbocycles. The first-order chi connectivity index (χ1) is 9.22. The number of rotatable bonds is 8. The number of aromatic nitrogens is 2. The predicted octanol–water partition coefficient (Wildman–Crippen LogP) is 2.11. The van der Waals surface area contributed by atoms with Crippen LogP contribution in [0, 0.1) is 6.92 Å². The summed E-state index contributed by atoms with van der Waals surface area (Å²) in [7, 11) is 0. The van der Waals surface area contributed by atoms with Crippen LogP contribution in [0.15, 0.2) is 6.07 Å². The molecule has 2 N–H and O–H groups in total. The van der Waals surface area contributed by atoms with Crippen LogP contribution in [0.3, 0.4) is 0 Å². The molecule has 0 bridgehead atoms. The first-order valence-corrected chi connectivity index (χ1v) is 7.30. The molecule has 0 atom stereocenters. The van der Waals surface area contributed by atoms with E-state index in [1.54, 1.807) is 0 Å². The van der Waals surface area contributed by atoms with Gasteiger partial charge in [-0.25, -0.2) is 9.97 Å². The van der Waals surface area contributed by atoms with Gasteiger partial charge in [0.25, 0.3) is 0 Å². The van der Waals surface area contributed by atoms with Crippen LogP contribution < -0.4 is 10.6 Å². The van der Waals surface area contributed by atoms with Gasteiger partial charge in [-0.05, 0) is 33.2 Å². The molecule has 1 aromatic heterocycles. The van der Waals surface area contributed by atoms with Crippen LogP contribution >= 0.6 is 0 Å². The van der Waals surface area contributed by atoms with Gasteiger partial charge < -0.3 is 10.6 Å². The molecular weight excluding hydrogens is 238 g/mol. The maximum absolute atomic E-state index is 4.42. The fourth-order valence-corrected chi connectivity index (χ4v) is 2.30. The van der Waals surface area contributed by atoms with Crippen molar-refractivity contribution in [3.05, 3.63) is 11.9 Å². The fraction of sp³-hybridized carbons (Fsp3) is 0.714. The first-order valence-electron chi connectivity index (χ1n) is 7.30. The number of aryl methyl sites for hydroxylation is 1. The predicted molar refractivity (Wildman–Crippen MR) is 79.7 cm³/mol. The van der Waals surface area contributed by atoms with E-state index < -0.39 is 0 Å². The van der Waals surface area contributed by atoms with Crippen molar-refractivity contribution in [1.29, 1.82) is 0 Å². The van der Waals surface area contributed by atoms with E-state index in [0.717, 1.165) is 49.7 Å². The van der Waals surface area contributed by atoms with Gasteiger partial charge in [0.05, 0.1) is 0 Å². The van der Waals surface area contributed by atoms with Gasteiger partial charge in [0.1, 0.15) is 17.5 Å². The zero-order valence-corrected chi connectivity index (χ0v) is 12.2. The van der Waals surface area contributed by atoms with Crippen LogP contribution in [0.2, 0.25) is 0 Å². The molecule has 2 rings (SSSR count). The summed E-state index contributed by atoms with van der Waals surface area (Å²) in [5.74, 6) is 2.61. The molecule has 5 heteroatoms. The van der Waals surface area contributed by atoms with Crippen LogP contribution in [0.4, 0.5) is 11.6 Å². The molecule has 0 amide bonds. The Hall–Kier alpha value is -1.36. The van der Waals surface area contributed by atoms with Gasteiger partial charge in [-0.2, -0.15) is 0 Å². The Bertz CT molecular complexity index is 403. The minimum atomic E-state index is 0.801. The molecule has 0 unspecified atom stereocenters. The summed E-state index contributed by atoms with van der Waals surface area (Å²) in [5.41, 5.74) is 0. The quantitative estimate of drug-likeness (QED) is 0.752. The number of anilines is 2. The van der Waals surface area contributed by atoms with Crippen LogP contribution in [-0.2, 0) is 0 Å². The van der Waals surface area contributed by atoms with Gasteiger partial charge in [-0.15, -0.1) is 0 Å². The minimum absolute atomic E-state index is 0.801. The Labute approximate surface area is 115 Å². The van der Waals surface area contributed by atoms with Crippen LogP contribution in [0.1, 0.15) is 32.5 Å². The van der Waals surface area contributed by atoms with E-state index in [2.05, 4.69) is 39.3 Å². The van der Waals surface area contributed by atoms with Gasteiger partial charge in [-0.1, -0.05) is 6.92 Å². The summed E-state index contributed by atoms with van der Waals surface area (Å²) in [5, 5.41) is 6.62.